The van der Waals surface area contributed by atoms with Crippen molar-refractivity contribution in [3.05, 3.63) is 83.7 Å². The molecule has 2 amide bonds. The molecule has 256 valence electrons. The predicted molar refractivity (Wildman–Crippen MR) is 185 cm³/mol. The molecule has 0 aliphatic carbocycles. The molecular formula is C39H55N2O6+. The van der Waals surface area contributed by atoms with Gasteiger partial charge in [-0.15, -0.1) is 0 Å². The van der Waals surface area contributed by atoms with Crippen molar-refractivity contribution in [1.82, 2.24) is 4.90 Å². The summed E-state index contributed by atoms with van der Waals surface area (Å²) in [4.78, 5) is 28.1. The number of hydrogen-bond donors (Lipinski definition) is 0. The number of benzene rings is 2. The van der Waals surface area contributed by atoms with Crippen LogP contribution in [0, 0.1) is 0 Å². The first kappa shape index (κ1) is 37.4. The largest absolute Gasteiger partial charge is 0.493 e. The van der Waals surface area contributed by atoms with Crippen molar-refractivity contribution in [1.29, 1.82) is 0 Å². The summed E-state index contributed by atoms with van der Waals surface area (Å²) in [5.74, 6) is 1.10. The first-order chi connectivity index (χ1) is 23.0. The summed E-state index contributed by atoms with van der Waals surface area (Å²) in [7, 11) is 3.15. The highest BCUT2D eigenvalue weighted by Gasteiger charge is 2.28. The molecule has 0 aliphatic heterocycles. The number of aromatic nitrogens is 1. The number of carbonyl (C=O) groups is 2. The Bertz CT molecular complexity index is 1320. The third-order valence-corrected chi connectivity index (χ3v) is 8.31. The van der Waals surface area contributed by atoms with E-state index in [0.29, 0.717) is 41.5 Å². The number of aryl methyl sites for hydroxylation is 1. The van der Waals surface area contributed by atoms with Crippen molar-refractivity contribution in [3.8, 4) is 17.2 Å². The Balaban J connectivity index is 1.55. The van der Waals surface area contributed by atoms with Crippen molar-refractivity contribution in [2.24, 2.45) is 0 Å². The third-order valence-electron chi connectivity index (χ3n) is 8.31. The SMILES string of the molecule is CCCCCCCCCCCCCCOc1c(OC)cc(COC(=O)N(Cc2cccc[n+]2CC)C(=O)c2ccccc2)cc1OC. The van der Waals surface area contributed by atoms with Crippen LogP contribution in [0.2, 0.25) is 0 Å². The van der Waals surface area contributed by atoms with E-state index in [-0.39, 0.29) is 13.2 Å². The second-order valence-electron chi connectivity index (χ2n) is 11.9. The average Bonchev–Trinajstić information content (AvgIpc) is 3.11. The summed E-state index contributed by atoms with van der Waals surface area (Å²) in [6.45, 7) is 5.53. The van der Waals surface area contributed by atoms with E-state index in [9.17, 15) is 9.59 Å². The summed E-state index contributed by atoms with van der Waals surface area (Å²) >= 11 is 0. The number of nitrogens with zero attached hydrogens (tertiary/aromatic N) is 2. The quantitative estimate of drug-likeness (QED) is 0.0800. The fraction of sp³-hybridized carbons (Fsp3) is 0.513. The lowest BCUT2D eigenvalue weighted by atomic mass is 10.1. The van der Waals surface area contributed by atoms with Gasteiger partial charge in [0.25, 0.3) is 5.91 Å². The molecule has 0 bridgehead atoms. The molecule has 1 heterocycles. The van der Waals surface area contributed by atoms with Crippen molar-refractivity contribution < 1.29 is 33.1 Å². The van der Waals surface area contributed by atoms with Crippen molar-refractivity contribution >= 4 is 12.0 Å². The lowest BCUT2D eigenvalue weighted by Crippen LogP contribution is -2.43. The molecule has 0 atom stereocenters. The number of methoxy groups -OCH3 is 2. The first-order valence-corrected chi connectivity index (χ1v) is 17.4. The summed E-state index contributed by atoms with van der Waals surface area (Å²) in [6.07, 6.45) is 16.6. The van der Waals surface area contributed by atoms with Crippen LogP contribution in [0.15, 0.2) is 66.9 Å². The van der Waals surface area contributed by atoms with Gasteiger partial charge in [0.15, 0.2) is 17.7 Å². The zero-order chi connectivity index (χ0) is 33.7. The number of carbonyl (C=O) groups excluding carboxylic acids is 2. The van der Waals surface area contributed by atoms with Crippen molar-refractivity contribution in [2.75, 3.05) is 20.8 Å². The maximum absolute atomic E-state index is 13.5. The van der Waals surface area contributed by atoms with Crippen LogP contribution in [0.3, 0.4) is 0 Å². The monoisotopic (exact) mass is 647 g/mol. The van der Waals surface area contributed by atoms with Crippen LogP contribution in [-0.2, 0) is 24.4 Å². The number of pyridine rings is 1. The van der Waals surface area contributed by atoms with E-state index in [1.807, 2.05) is 42.0 Å². The van der Waals surface area contributed by atoms with Crippen LogP contribution in [-0.4, -0.2) is 37.7 Å². The molecule has 1 aromatic heterocycles. The highest BCUT2D eigenvalue weighted by Crippen LogP contribution is 2.39. The van der Waals surface area contributed by atoms with E-state index in [2.05, 4.69) is 6.92 Å². The van der Waals surface area contributed by atoms with Gasteiger partial charge >= 0.3 is 6.09 Å². The van der Waals surface area contributed by atoms with Gasteiger partial charge in [-0.2, -0.15) is 0 Å². The van der Waals surface area contributed by atoms with E-state index in [1.54, 1.807) is 50.6 Å². The lowest BCUT2D eigenvalue weighted by Gasteiger charge is -2.20. The number of imide groups is 1. The summed E-state index contributed by atoms with van der Waals surface area (Å²) in [5, 5.41) is 0. The fourth-order valence-corrected chi connectivity index (χ4v) is 5.58. The average molecular weight is 648 g/mol. The Morgan fingerprint density at radius 2 is 1.30 bits per heavy atom. The van der Waals surface area contributed by atoms with Crippen molar-refractivity contribution in [2.45, 2.75) is 111 Å². The van der Waals surface area contributed by atoms with Gasteiger partial charge in [-0.1, -0.05) is 102 Å². The number of unbranched alkanes of at least 4 members (excludes halogenated alkanes) is 11. The van der Waals surface area contributed by atoms with Gasteiger partial charge in [0, 0.05) is 17.7 Å². The number of hydrogen-bond acceptors (Lipinski definition) is 6. The van der Waals surface area contributed by atoms with Crippen LogP contribution in [0.1, 0.15) is 113 Å². The molecule has 2 aromatic carbocycles. The molecule has 3 rings (SSSR count). The third kappa shape index (κ3) is 12.6. The maximum atomic E-state index is 13.5. The molecular weight excluding hydrogens is 592 g/mol. The molecule has 0 aliphatic rings. The minimum atomic E-state index is -0.740. The Labute approximate surface area is 282 Å². The second-order valence-corrected chi connectivity index (χ2v) is 11.9. The van der Waals surface area contributed by atoms with Crippen LogP contribution >= 0.6 is 0 Å². The molecule has 0 unspecified atom stereocenters. The van der Waals surface area contributed by atoms with Gasteiger partial charge in [-0.25, -0.2) is 14.3 Å². The van der Waals surface area contributed by atoms with E-state index in [4.69, 9.17) is 18.9 Å². The molecule has 0 spiro atoms. The zero-order valence-corrected chi connectivity index (χ0v) is 29.0. The summed E-state index contributed by atoms with van der Waals surface area (Å²) < 4.78 is 25.1. The minimum absolute atomic E-state index is 0.0692. The molecule has 0 saturated heterocycles. The van der Waals surface area contributed by atoms with Gasteiger partial charge in [0.2, 0.25) is 11.4 Å². The van der Waals surface area contributed by atoms with E-state index in [0.717, 1.165) is 23.4 Å². The smallest absolute Gasteiger partial charge is 0.417 e. The Hall–Kier alpha value is -4.07. The van der Waals surface area contributed by atoms with Crippen LogP contribution in [0.4, 0.5) is 4.79 Å². The molecule has 0 saturated carbocycles. The topological polar surface area (TPSA) is 78.2 Å². The molecule has 3 aromatic rings. The Morgan fingerprint density at radius 1 is 0.723 bits per heavy atom. The highest BCUT2D eigenvalue weighted by molar-refractivity contribution is 6.02. The standard InChI is InChI=1S/C39H55N2O6/c1-5-7-8-9-10-11-12-13-14-15-16-22-27-46-37-35(44-3)28-32(29-36(37)45-4)31-47-39(43)41(38(42)33-23-18-17-19-24-33)30-34-25-20-21-26-40(34)6-2/h17-21,23-26,28-29H,5-16,22,27,30-31H2,1-4H3/q+1. The molecule has 0 N–H and O–H groups in total. The summed E-state index contributed by atoms with van der Waals surface area (Å²) in [6, 6.07) is 18.0. The molecule has 0 fully saturated rings. The van der Waals surface area contributed by atoms with Gasteiger partial charge in [0.05, 0.1) is 20.8 Å². The molecule has 0 radical (unpaired) electrons. The van der Waals surface area contributed by atoms with Gasteiger partial charge < -0.3 is 18.9 Å². The highest BCUT2D eigenvalue weighted by atomic mass is 16.6. The molecule has 8 heteroatoms. The fourth-order valence-electron chi connectivity index (χ4n) is 5.58. The lowest BCUT2D eigenvalue weighted by molar-refractivity contribution is -0.701. The normalized spacial score (nSPS) is 10.8. The number of ether oxygens (including phenoxy) is 4. The van der Waals surface area contributed by atoms with E-state index >= 15 is 0 Å². The van der Waals surface area contributed by atoms with E-state index in [1.165, 1.54) is 64.2 Å². The van der Waals surface area contributed by atoms with Crippen LogP contribution in [0.5, 0.6) is 17.2 Å². The second kappa shape index (κ2) is 21.7. The van der Waals surface area contributed by atoms with E-state index < -0.39 is 12.0 Å². The Morgan fingerprint density at radius 3 is 1.87 bits per heavy atom. The summed E-state index contributed by atoms with van der Waals surface area (Å²) in [5.41, 5.74) is 1.87. The minimum Gasteiger partial charge on any atom is -0.493 e. The maximum Gasteiger partial charge on any atom is 0.417 e. The number of rotatable bonds is 22. The zero-order valence-electron chi connectivity index (χ0n) is 29.0. The van der Waals surface area contributed by atoms with Crippen LogP contribution < -0.4 is 18.8 Å². The van der Waals surface area contributed by atoms with Crippen molar-refractivity contribution in [3.63, 3.8) is 0 Å². The Kier molecular flexibility index (Phi) is 17.2. The first-order valence-electron chi connectivity index (χ1n) is 17.4. The van der Waals surface area contributed by atoms with Crippen LogP contribution in [0.25, 0.3) is 0 Å². The predicted octanol–water partition coefficient (Wildman–Crippen LogP) is 9.07. The number of amides is 2. The van der Waals surface area contributed by atoms with Gasteiger partial charge in [-0.3, -0.25) is 4.79 Å². The molecule has 47 heavy (non-hydrogen) atoms. The van der Waals surface area contributed by atoms with Gasteiger partial charge in [-0.05, 0) is 43.2 Å². The van der Waals surface area contributed by atoms with Gasteiger partial charge in [0.1, 0.15) is 19.7 Å². The molecule has 8 nitrogen and oxygen atoms in total.